The third kappa shape index (κ3) is 5.70. The number of carbonyl (C=O) groups excluding carboxylic acids is 1. The number of rotatable bonds is 7. The molecule has 0 radical (unpaired) electrons. The molecule has 1 aromatic heterocycles. The Morgan fingerprint density at radius 1 is 1.09 bits per heavy atom. The number of aromatic nitrogens is 1. The molecule has 2 atom stereocenters. The molecule has 0 aliphatic heterocycles. The van der Waals surface area contributed by atoms with Crippen molar-refractivity contribution < 1.29 is 37.7 Å². The van der Waals surface area contributed by atoms with Crippen molar-refractivity contribution in [3.8, 4) is 28.8 Å². The van der Waals surface area contributed by atoms with Crippen molar-refractivity contribution in [2.24, 2.45) is 0 Å². The Morgan fingerprint density at radius 3 is 2.38 bits per heavy atom. The number of benzene rings is 2. The molecule has 0 aliphatic carbocycles. The van der Waals surface area contributed by atoms with Crippen LogP contribution in [-0.2, 0) is 15.7 Å². The molecule has 0 spiro atoms. The van der Waals surface area contributed by atoms with Crippen LogP contribution in [0.15, 0.2) is 60.7 Å². The smallest absolute Gasteiger partial charge is 0.417 e. The van der Waals surface area contributed by atoms with E-state index in [1.54, 1.807) is 43.3 Å². The van der Waals surface area contributed by atoms with Crippen LogP contribution in [0.5, 0.6) is 11.5 Å². The zero-order chi connectivity index (χ0) is 24.9. The fourth-order valence-corrected chi connectivity index (χ4v) is 3.05. The molecule has 1 heterocycles. The number of hydrogen-bond acceptors (Lipinski definition) is 7. The summed E-state index contributed by atoms with van der Waals surface area (Å²) in [7, 11) is 0. The Balaban J connectivity index is 1.77. The van der Waals surface area contributed by atoms with Gasteiger partial charge in [0.1, 0.15) is 17.6 Å². The van der Waals surface area contributed by atoms with E-state index in [9.17, 15) is 28.2 Å². The quantitative estimate of drug-likeness (QED) is 0.491. The summed E-state index contributed by atoms with van der Waals surface area (Å²) in [4.78, 5) is 15.9. The Bertz CT molecular complexity index is 1210. The fourth-order valence-electron chi connectivity index (χ4n) is 3.05. The van der Waals surface area contributed by atoms with Crippen molar-refractivity contribution >= 4 is 5.97 Å². The largest absolute Gasteiger partial charge is 0.464 e. The van der Waals surface area contributed by atoms with Crippen LogP contribution in [0.25, 0.3) is 11.3 Å². The topological polar surface area (TPSA) is 113 Å². The molecule has 0 saturated carbocycles. The molecule has 176 valence electrons. The molecular formula is C24H19F3N2O5. The number of aliphatic hydroxyl groups is 2. The second-order valence-corrected chi connectivity index (χ2v) is 7.03. The van der Waals surface area contributed by atoms with Crippen LogP contribution in [0, 0.1) is 11.3 Å². The molecule has 0 bridgehead atoms. The van der Waals surface area contributed by atoms with Gasteiger partial charge in [-0.05, 0) is 61.5 Å². The zero-order valence-corrected chi connectivity index (χ0v) is 17.8. The summed E-state index contributed by atoms with van der Waals surface area (Å²) in [5.74, 6) is -0.596. The monoisotopic (exact) mass is 472 g/mol. The van der Waals surface area contributed by atoms with Gasteiger partial charge in [0.05, 0.1) is 35.2 Å². The maximum absolute atomic E-state index is 12.9. The number of carbonyl (C=O) groups is 1. The Morgan fingerprint density at radius 2 is 1.76 bits per heavy atom. The van der Waals surface area contributed by atoms with Gasteiger partial charge in [0.15, 0.2) is 6.10 Å². The Hall–Kier alpha value is -3.94. The van der Waals surface area contributed by atoms with Gasteiger partial charge >= 0.3 is 12.1 Å². The van der Waals surface area contributed by atoms with Crippen molar-refractivity contribution in [2.45, 2.75) is 25.3 Å². The van der Waals surface area contributed by atoms with Gasteiger partial charge in [0, 0.05) is 5.56 Å². The molecule has 0 aliphatic rings. The maximum Gasteiger partial charge on any atom is 0.417 e. The number of aliphatic hydroxyl groups excluding tert-OH is 2. The van der Waals surface area contributed by atoms with Crippen molar-refractivity contribution in [1.82, 2.24) is 4.98 Å². The van der Waals surface area contributed by atoms with Gasteiger partial charge in [0.25, 0.3) is 0 Å². The van der Waals surface area contributed by atoms with Gasteiger partial charge in [-0.2, -0.15) is 18.4 Å². The van der Waals surface area contributed by atoms with Crippen LogP contribution in [0.4, 0.5) is 13.2 Å². The highest BCUT2D eigenvalue weighted by Crippen LogP contribution is 2.34. The van der Waals surface area contributed by atoms with Crippen molar-refractivity contribution in [1.29, 1.82) is 5.26 Å². The van der Waals surface area contributed by atoms with Crippen LogP contribution in [0.1, 0.15) is 29.8 Å². The third-order valence-electron chi connectivity index (χ3n) is 4.70. The second-order valence-electron chi connectivity index (χ2n) is 7.03. The molecule has 0 fully saturated rings. The van der Waals surface area contributed by atoms with Crippen molar-refractivity contribution in [3.05, 3.63) is 77.5 Å². The molecule has 34 heavy (non-hydrogen) atoms. The lowest BCUT2D eigenvalue weighted by Gasteiger charge is -2.16. The number of halogens is 3. The summed E-state index contributed by atoms with van der Waals surface area (Å²) in [5, 5.41) is 29.2. The van der Waals surface area contributed by atoms with E-state index in [-0.39, 0.29) is 18.1 Å². The van der Waals surface area contributed by atoms with Gasteiger partial charge in [0.2, 0.25) is 0 Å². The number of ether oxygens (including phenoxy) is 2. The molecule has 10 heteroatoms. The predicted octanol–water partition coefficient (Wildman–Crippen LogP) is 4.39. The first-order chi connectivity index (χ1) is 16.1. The number of pyridine rings is 1. The van der Waals surface area contributed by atoms with Crippen LogP contribution >= 0.6 is 0 Å². The van der Waals surface area contributed by atoms with E-state index in [4.69, 9.17) is 14.7 Å². The highest BCUT2D eigenvalue weighted by molar-refractivity contribution is 5.75. The molecule has 3 aromatic rings. The first-order valence-corrected chi connectivity index (χ1v) is 10.0. The average molecular weight is 472 g/mol. The molecule has 2 unspecified atom stereocenters. The van der Waals surface area contributed by atoms with Gasteiger partial charge in [-0.3, -0.25) is 0 Å². The number of esters is 1. The maximum atomic E-state index is 12.9. The zero-order valence-electron chi connectivity index (χ0n) is 17.8. The lowest BCUT2D eigenvalue weighted by atomic mass is 10.1. The molecule has 0 saturated heterocycles. The first-order valence-electron chi connectivity index (χ1n) is 10.0. The predicted molar refractivity (Wildman–Crippen MR) is 114 cm³/mol. The lowest BCUT2D eigenvalue weighted by Crippen LogP contribution is -2.30. The van der Waals surface area contributed by atoms with E-state index < -0.39 is 35.5 Å². The van der Waals surface area contributed by atoms with E-state index in [0.717, 1.165) is 18.2 Å². The summed E-state index contributed by atoms with van der Waals surface area (Å²) in [6.45, 7) is 1.62. The van der Waals surface area contributed by atoms with Crippen molar-refractivity contribution in [3.63, 3.8) is 0 Å². The highest BCUT2D eigenvalue weighted by Gasteiger charge is 2.33. The van der Waals surface area contributed by atoms with E-state index in [1.165, 1.54) is 12.1 Å². The van der Waals surface area contributed by atoms with Gasteiger partial charge in [-0.15, -0.1) is 0 Å². The number of alkyl halides is 3. The van der Waals surface area contributed by atoms with Crippen LogP contribution < -0.4 is 4.74 Å². The van der Waals surface area contributed by atoms with Crippen LogP contribution in [-0.4, -0.2) is 33.9 Å². The van der Waals surface area contributed by atoms with E-state index in [0.29, 0.717) is 17.0 Å². The van der Waals surface area contributed by atoms with E-state index >= 15 is 0 Å². The van der Waals surface area contributed by atoms with E-state index in [2.05, 4.69) is 4.98 Å². The van der Waals surface area contributed by atoms with Crippen LogP contribution in [0.2, 0.25) is 0 Å². The number of hydrogen-bond donors (Lipinski definition) is 2. The van der Waals surface area contributed by atoms with E-state index in [1.807, 2.05) is 0 Å². The Labute approximate surface area is 192 Å². The summed E-state index contributed by atoms with van der Waals surface area (Å²) >= 11 is 0. The minimum Gasteiger partial charge on any atom is -0.464 e. The van der Waals surface area contributed by atoms with Gasteiger partial charge < -0.3 is 19.7 Å². The van der Waals surface area contributed by atoms with Gasteiger partial charge in [-0.25, -0.2) is 9.78 Å². The molecule has 2 N–H and O–H groups in total. The standard InChI is InChI=1S/C24H19F3N2O5/c1-2-33-23(32)22(31)21(30)20-5-3-4-19(29-20)14-6-8-16(9-7-14)34-17-10-11-18(24(25,26)27)15(12-17)13-28/h3-12,21-22,30-31H,2H2,1H3. The first kappa shape index (κ1) is 24.7. The molecule has 7 nitrogen and oxygen atoms in total. The minimum absolute atomic E-state index is 0.0504. The molecule has 0 amide bonds. The summed E-state index contributed by atoms with van der Waals surface area (Å²) in [5.41, 5.74) is -0.491. The SMILES string of the molecule is CCOC(=O)C(O)C(O)c1cccc(-c2ccc(Oc3ccc(C(F)(F)F)c(C#N)c3)cc2)n1. The summed E-state index contributed by atoms with van der Waals surface area (Å²) < 4.78 is 49.1. The highest BCUT2D eigenvalue weighted by atomic mass is 19.4. The fraction of sp³-hybridized carbons (Fsp3) is 0.208. The number of nitrogens with zero attached hydrogens (tertiary/aromatic N) is 2. The average Bonchev–Trinajstić information content (AvgIpc) is 2.83. The lowest BCUT2D eigenvalue weighted by molar-refractivity contribution is -0.159. The van der Waals surface area contributed by atoms with Gasteiger partial charge in [-0.1, -0.05) is 6.07 Å². The summed E-state index contributed by atoms with van der Waals surface area (Å²) in [6, 6.07) is 15.5. The molecule has 3 rings (SSSR count). The normalized spacial score (nSPS) is 13.0. The Kier molecular flexibility index (Phi) is 7.50. The van der Waals surface area contributed by atoms with Crippen molar-refractivity contribution in [2.75, 3.05) is 6.61 Å². The summed E-state index contributed by atoms with van der Waals surface area (Å²) in [6.07, 6.45) is -8.02. The molecular weight excluding hydrogens is 453 g/mol. The second kappa shape index (κ2) is 10.3. The van der Waals surface area contributed by atoms with Crippen LogP contribution in [0.3, 0.4) is 0 Å². The number of nitriles is 1. The molecule has 2 aromatic carbocycles. The minimum atomic E-state index is -4.65. The third-order valence-corrected chi connectivity index (χ3v) is 4.70.